The van der Waals surface area contributed by atoms with Crippen LogP contribution in [-0.4, -0.2) is 6.29 Å². The average Bonchev–Trinajstić information content (AvgIpc) is 2.34. The van der Waals surface area contributed by atoms with Crippen LogP contribution in [0, 0.1) is 13.8 Å². The first-order chi connectivity index (χ1) is 8.60. The molecule has 1 nitrogen and oxygen atoms in total. The summed E-state index contributed by atoms with van der Waals surface area (Å²) in [6.45, 7) is 4.20. The molecule has 0 atom stereocenters. The highest BCUT2D eigenvalue weighted by Crippen LogP contribution is 2.33. The zero-order chi connectivity index (χ0) is 13.1. The number of hydrogen-bond acceptors (Lipinski definition) is 2. The molecule has 0 bridgehead atoms. The topological polar surface area (TPSA) is 17.1 Å². The lowest BCUT2D eigenvalue weighted by molar-refractivity contribution is 0.112. The molecule has 0 aliphatic heterocycles. The number of hydrogen-bond donors (Lipinski definition) is 0. The summed E-state index contributed by atoms with van der Waals surface area (Å²) in [7, 11) is 0. The Bertz CT molecular complexity index is 593. The Morgan fingerprint density at radius 1 is 1.11 bits per heavy atom. The van der Waals surface area contributed by atoms with Crippen LogP contribution < -0.4 is 0 Å². The molecular formula is C15H13BrOS. The van der Waals surface area contributed by atoms with Crippen LogP contribution in [0.4, 0.5) is 0 Å². The highest BCUT2D eigenvalue weighted by Gasteiger charge is 2.04. The van der Waals surface area contributed by atoms with Crippen molar-refractivity contribution >= 4 is 34.0 Å². The van der Waals surface area contributed by atoms with Gasteiger partial charge in [0.2, 0.25) is 0 Å². The maximum Gasteiger partial charge on any atom is 0.151 e. The minimum absolute atomic E-state index is 0.681. The molecule has 92 valence electrons. The molecule has 0 N–H and O–H groups in total. The van der Waals surface area contributed by atoms with E-state index in [-0.39, 0.29) is 0 Å². The van der Waals surface area contributed by atoms with Gasteiger partial charge in [0.05, 0.1) is 0 Å². The van der Waals surface area contributed by atoms with E-state index in [0.717, 1.165) is 15.7 Å². The molecule has 0 unspecified atom stereocenters. The lowest BCUT2D eigenvalue weighted by Gasteiger charge is -2.07. The molecule has 0 amide bonds. The summed E-state index contributed by atoms with van der Waals surface area (Å²) in [4.78, 5) is 13.1. The van der Waals surface area contributed by atoms with Gasteiger partial charge in [0.15, 0.2) is 6.29 Å². The van der Waals surface area contributed by atoms with Crippen LogP contribution in [0.3, 0.4) is 0 Å². The van der Waals surface area contributed by atoms with Crippen LogP contribution in [0.25, 0.3) is 0 Å². The molecule has 0 spiro atoms. The van der Waals surface area contributed by atoms with Crippen LogP contribution in [0.1, 0.15) is 21.5 Å². The quantitative estimate of drug-likeness (QED) is 0.738. The third-order valence-corrected chi connectivity index (χ3v) is 4.51. The summed E-state index contributed by atoms with van der Waals surface area (Å²) in [5, 5.41) is 0. The van der Waals surface area contributed by atoms with Gasteiger partial charge < -0.3 is 0 Å². The fraction of sp³-hybridized carbons (Fsp3) is 0.133. The van der Waals surface area contributed by atoms with E-state index >= 15 is 0 Å². The van der Waals surface area contributed by atoms with Gasteiger partial charge in [0.25, 0.3) is 0 Å². The van der Waals surface area contributed by atoms with E-state index in [4.69, 9.17) is 0 Å². The summed E-state index contributed by atoms with van der Waals surface area (Å²) >= 11 is 5.12. The molecule has 0 aromatic heterocycles. The number of halogens is 1. The first-order valence-corrected chi connectivity index (χ1v) is 7.21. The molecule has 0 fully saturated rings. The smallest absolute Gasteiger partial charge is 0.151 e. The summed E-state index contributed by atoms with van der Waals surface area (Å²) in [6, 6.07) is 12.2. The Morgan fingerprint density at radius 2 is 1.89 bits per heavy atom. The van der Waals surface area contributed by atoms with Crippen LogP contribution in [0.2, 0.25) is 0 Å². The Labute approximate surface area is 120 Å². The first-order valence-electron chi connectivity index (χ1n) is 5.60. The highest BCUT2D eigenvalue weighted by atomic mass is 79.9. The summed E-state index contributed by atoms with van der Waals surface area (Å²) in [5.41, 5.74) is 3.20. The second-order valence-electron chi connectivity index (χ2n) is 4.17. The maximum absolute atomic E-state index is 10.8. The van der Waals surface area contributed by atoms with Crippen molar-refractivity contribution in [3.05, 3.63) is 57.6 Å². The van der Waals surface area contributed by atoms with Crippen molar-refractivity contribution in [3.63, 3.8) is 0 Å². The van der Waals surface area contributed by atoms with E-state index in [2.05, 4.69) is 48.0 Å². The molecule has 18 heavy (non-hydrogen) atoms. The Morgan fingerprint density at radius 3 is 2.56 bits per heavy atom. The lowest BCUT2D eigenvalue weighted by Crippen LogP contribution is -1.85. The molecule has 0 aliphatic rings. The van der Waals surface area contributed by atoms with E-state index < -0.39 is 0 Å². The maximum atomic E-state index is 10.8. The molecule has 0 aliphatic carbocycles. The monoisotopic (exact) mass is 320 g/mol. The Kier molecular flexibility index (Phi) is 4.25. The number of carbonyl (C=O) groups excluding carboxylic acids is 1. The largest absolute Gasteiger partial charge is 0.298 e. The highest BCUT2D eigenvalue weighted by molar-refractivity contribution is 9.10. The van der Waals surface area contributed by atoms with E-state index in [9.17, 15) is 4.79 Å². The third kappa shape index (κ3) is 3.03. The number of benzene rings is 2. The standard InChI is InChI=1S/C15H13BrOS/c1-10-3-4-11(2)15(7-10)18-13-6-5-12(9-17)14(16)8-13/h3-9H,1-2H3. The van der Waals surface area contributed by atoms with Crippen LogP contribution in [0.5, 0.6) is 0 Å². The van der Waals surface area contributed by atoms with Crippen molar-refractivity contribution < 1.29 is 4.79 Å². The normalized spacial score (nSPS) is 10.4. The second kappa shape index (κ2) is 5.72. The number of rotatable bonds is 3. The van der Waals surface area contributed by atoms with Crippen LogP contribution >= 0.6 is 27.7 Å². The molecular weight excluding hydrogens is 308 g/mol. The van der Waals surface area contributed by atoms with Crippen LogP contribution in [-0.2, 0) is 0 Å². The molecule has 0 saturated heterocycles. The second-order valence-corrected chi connectivity index (χ2v) is 6.14. The van der Waals surface area contributed by atoms with Crippen molar-refractivity contribution in [3.8, 4) is 0 Å². The fourth-order valence-corrected chi connectivity index (χ4v) is 3.28. The predicted octanol–water partition coefficient (Wildman–Crippen LogP) is 5.03. The molecule has 0 saturated carbocycles. The van der Waals surface area contributed by atoms with Crippen molar-refractivity contribution in [2.45, 2.75) is 23.6 Å². The van der Waals surface area contributed by atoms with E-state index in [1.807, 2.05) is 18.2 Å². The lowest BCUT2D eigenvalue weighted by atomic mass is 10.2. The van der Waals surface area contributed by atoms with Gasteiger partial charge in [0, 0.05) is 19.8 Å². The van der Waals surface area contributed by atoms with Gasteiger partial charge in [-0.15, -0.1) is 0 Å². The average molecular weight is 321 g/mol. The number of aldehydes is 1. The van der Waals surface area contributed by atoms with E-state index in [1.165, 1.54) is 16.0 Å². The summed E-state index contributed by atoms with van der Waals surface area (Å²) < 4.78 is 0.841. The zero-order valence-electron chi connectivity index (χ0n) is 10.2. The number of carbonyl (C=O) groups is 1. The molecule has 0 heterocycles. The van der Waals surface area contributed by atoms with E-state index in [0.29, 0.717) is 5.56 Å². The Balaban J connectivity index is 2.31. The van der Waals surface area contributed by atoms with Crippen molar-refractivity contribution in [2.24, 2.45) is 0 Å². The Hall–Kier alpha value is -1.06. The van der Waals surface area contributed by atoms with Crippen molar-refractivity contribution in [2.75, 3.05) is 0 Å². The molecule has 3 heteroatoms. The van der Waals surface area contributed by atoms with Gasteiger partial charge in [-0.3, -0.25) is 4.79 Å². The van der Waals surface area contributed by atoms with Crippen molar-refractivity contribution in [1.82, 2.24) is 0 Å². The molecule has 0 radical (unpaired) electrons. The molecule has 2 aromatic rings. The fourth-order valence-electron chi connectivity index (χ4n) is 1.61. The van der Waals surface area contributed by atoms with E-state index in [1.54, 1.807) is 11.8 Å². The van der Waals surface area contributed by atoms with Crippen molar-refractivity contribution in [1.29, 1.82) is 0 Å². The number of aryl methyl sites for hydroxylation is 2. The van der Waals surface area contributed by atoms with Gasteiger partial charge in [-0.25, -0.2) is 0 Å². The van der Waals surface area contributed by atoms with Gasteiger partial charge in [0.1, 0.15) is 0 Å². The third-order valence-electron chi connectivity index (χ3n) is 2.67. The minimum Gasteiger partial charge on any atom is -0.298 e. The van der Waals surface area contributed by atoms with Crippen LogP contribution in [0.15, 0.2) is 50.7 Å². The zero-order valence-corrected chi connectivity index (χ0v) is 12.6. The van der Waals surface area contributed by atoms with Gasteiger partial charge >= 0.3 is 0 Å². The SMILES string of the molecule is Cc1ccc(C)c(Sc2ccc(C=O)c(Br)c2)c1. The van der Waals surface area contributed by atoms with Gasteiger partial charge in [-0.05, 0) is 49.2 Å². The summed E-state index contributed by atoms with van der Waals surface area (Å²) in [5.74, 6) is 0. The predicted molar refractivity (Wildman–Crippen MR) is 79.6 cm³/mol. The minimum atomic E-state index is 0.681. The molecule has 2 aromatic carbocycles. The van der Waals surface area contributed by atoms with Gasteiger partial charge in [-0.1, -0.05) is 39.8 Å². The summed E-state index contributed by atoms with van der Waals surface area (Å²) in [6.07, 6.45) is 0.858. The first kappa shape index (κ1) is 13.4. The van der Waals surface area contributed by atoms with Gasteiger partial charge in [-0.2, -0.15) is 0 Å². The molecule has 2 rings (SSSR count).